The van der Waals surface area contributed by atoms with Crippen LogP contribution in [0, 0.1) is 0 Å². The molecule has 0 amide bonds. The third-order valence-electron chi connectivity index (χ3n) is 0. The first-order valence-electron chi connectivity index (χ1n) is 0.855. The van der Waals surface area contributed by atoms with Crippen molar-refractivity contribution in [2.24, 2.45) is 0 Å². The van der Waals surface area contributed by atoms with E-state index in [4.69, 9.17) is 19.8 Å². The third-order valence-corrected chi connectivity index (χ3v) is 0. The molecule has 0 rings (SSSR count). The van der Waals surface area contributed by atoms with Gasteiger partial charge < -0.3 is 10.2 Å². The highest BCUT2D eigenvalue weighted by Crippen LogP contribution is 0.976. The maximum absolute atomic E-state index is 8.24. The predicted molar refractivity (Wildman–Crippen MR) is 16.6 cm³/mol. The summed E-state index contributed by atoms with van der Waals surface area (Å²) in [7, 11) is 0. The van der Waals surface area contributed by atoms with Crippen LogP contribution in [0.15, 0.2) is 0 Å². The van der Waals surface area contributed by atoms with E-state index in [1.807, 2.05) is 0 Å². The van der Waals surface area contributed by atoms with Gasteiger partial charge in [0.1, 0.15) is 0 Å². The molecule has 0 unspecified atom stereocenters. The Bertz CT molecular complexity index is 26.5. The number of aliphatic hydroxyl groups excluding tert-OH is 2. The van der Waals surface area contributed by atoms with E-state index in [0.717, 1.165) is 0 Å². The molecule has 2 N–H and O–H groups in total. The van der Waals surface area contributed by atoms with Gasteiger partial charge in [-0.25, -0.2) is 9.59 Å². The van der Waals surface area contributed by atoms with E-state index in [1.165, 1.54) is 0 Å². The van der Waals surface area contributed by atoms with E-state index in [1.54, 1.807) is 0 Å². The van der Waals surface area contributed by atoms with E-state index in [2.05, 4.69) is 0 Å². The van der Waals surface area contributed by atoms with E-state index in [9.17, 15) is 0 Å². The molecule has 6 heavy (non-hydrogen) atoms. The summed E-state index contributed by atoms with van der Waals surface area (Å²) in [6.45, 7) is 1.00. The Labute approximate surface area is 34.0 Å². The van der Waals surface area contributed by atoms with Crippen molar-refractivity contribution >= 4 is 12.9 Å². The van der Waals surface area contributed by atoms with Crippen molar-refractivity contribution < 1.29 is 19.8 Å². The van der Waals surface area contributed by atoms with E-state index >= 15 is 0 Å². The van der Waals surface area contributed by atoms with Gasteiger partial charge in [0.15, 0.2) is 0 Å². The molecule has 0 spiro atoms. The van der Waals surface area contributed by atoms with Gasteiger partial charge in [-0.1, -0.05) is 0 Å². The summed E-state index contributed by atoms with van der Waals surface area (Å²) in [5, 5.41) is 13.5. The Kier molecular flexibility index (Phi) is 57.0. The van der Waals surface area contributed by atoms with Crippen molar-refractivity contribution in [2.75, 3.05) is 0 Å². The van der Waals surface area contributed by atoms with Gasteiger partial charge in [0.25, 0.3) is 0 Å². The van der Waals surface area contributed by atoms with Crippen LogP contribution in [-0.2, 0) is 9.59 Å². The lowest BCUT2D eigenvalue weighted by Crippen LogP contribution is -1.48. The monoisotopic (exact) mass is 90.0 g/mol. The van der Waals surface area contributed by atoms with Crippen LogP contribution in [0.3, 0.4) is 0 Å². The fourth-order valence-corrected chi connectivity index (χ4v) is 0. The molecule has 0 heterocycles. The van der Waals surface area contributed by atoms with Gasteiger partial charge >= 0.3 is 12.9 Å². The molecule has 2 radical (unpaired) electrons. The fourth-order valence-electron chi connectivity index (χ4n) is 0. The minimum absolute atomic E-state index is 0.500. The molecular weight excluding hydrogens is 88.0 g/mol. The molecule has 4 nitrogen and oxygen atoms in total. The zero-order valence-corrected chi connectivity index (χ0v) is 2.71. The standard InChI is InChI=1S/2CHO2/c2*2-1-3/h2*(H,2,3). The lowest BCUT2D eigenvalue weighted by atomic mass is 11.7. The van der Waals surface area contributed by atoms with Crippen LogP contribution >= 0.6 is 0 Å². The summed E-state index contributed by atoms with van der Waals surface area (Å²) in [6, 6.07) is 0. The number of rotatable bonds is 0. The van der Waals surface area contributed by atoms with Crippen LogP contribution in [0.1, 0.15) is 0 Å². The summed E-state index contributed by atoms with van der Waals surface area (Å²) < 4.78 is 0. The van der Waals surface area contributed by atoms with E-state index < -0.39 is 0 Å². The zero-order valence-electron chi connectivity index (χ0n) is 2.71. The van der Waals surface area contributed by atoms with E-state index in [0.29, 0.717) is 12.9 Å². The Morgan fingerprint density at radius 3 is 1.00 bits per heavy atom. The Balaban J connectivity index is 0. The summed E-state index contributed by atoms with van der Waals surface area (Å²) in [5.74, 6) is 0. The Morgan fingerprint density at radius 1 is 1.00 bits per heavy atom. The van der Waals surface area contributed by atoms with Gasteiger partial charge in [-0.3, -0.25) is 0 Å². The SMILES string of the molecule is O=[C]O.O=[C]O. The van der Waals surface area contributed by atoms with Crippen LogP contribution in [-0.4, -0.2) is 23.2 Å². The van der Waals surface area contributed by atoms with Gasteiger partial charge in [0.2, 0.25) is 0 Å². The highest BCUT2D eigenvalue weighted by molar-refractivity contribution is 5.34. The third kappa shape index (κ3) is 9.85. The molecule has 4 heteroatoms. The smallest absolute Gasteiger partial charge is 0.414 e. The van der Waals surface area contributed by atoms with Crippen molar-refractivity contribution in [3.63, 3.8) is 0 Å². The quantitative estimate of drug-likeness (QED) is 0.409. The molecule has 0 aliphatic rings. The normalized spacial score (nSPS) is 4.00. The van der Waals surface area contributed by atoms with Crippen LogP contribution < -0.4 is 0 Å². The fraction of sp³-hybridized carbons (Fsp3) is 0. The lowest BCUT2D eigenvalue weighted by molar-refractivity contribution is 0.435. The highest BCUT2D eigenvalue weighted by atomic mass is 16.3. The van der Waals surface area contributed by atoms with E-state index in [-0.39, 0.29) is 0 Å². The highest BCUT2D eigenvalue weighted by Gasteiger charge is 1.31. The van der Waals surface area contributed by atoms with Crippen molar-refractivity contribution in [1.29, 1.82) is 0 Å². The first-order valence-corrected chi connectivity index (χ1v) is 0.855. The van der Waals surface area contributed by atoms with Gasteiger partial charge in [-0.05, 0) is 0 Å². The summed E-state index contributed by atoms with van der Waals surface area (Å²) >= 11 is 0. The summed E-state index contributed by atoms with van der Waals surface area (Å²) in [5.41, 5.74) is 0. The van der Waals surface area contributed by atoms with Gasteiger partial charge in [-0.15, -0.1) is 0 Å². The van der Waals surface area contributed by atoms with Crippen molar-refractivity contribution in [3.8, 4) is 0 Å². The molecule has 0 atom stereocenters. The maximum Gasteiger partial charge on any atom is 0.414 e. The van der Waals surface area contributed by atoms with Crippen LogP contribution in [0.25, 0.3) is 0 Å². The zero-order chi connectivity index (χ0) is 5.41. The second-order valence-electron chi connectivity index (χ2n) is 0.183. The number of hydrogen-bond acceptors (Lipinski definition) is 2. The molecule has 34 valence electrons. The molecule has 0 aliphatic heterocycles. The van der Waals surface area contributed by atoms with Gasteiger partial charge in [0.05, 0.1) is 0 Å². The summed E-state index contributed by atoms with van der Waals surface area (Å²) in [4.78, 5) is 16.5. The molecule has 0 bridgehead atoms. The first kappa shape index (κ1) is 8.87. The minimum atomic E-state index is 0.500. The molecule has 0 aromatic heterocycles. The molecule has 0 fully saturated rings. The minimum Gasteiger partial charge on any atom is -0.473 e. The molecule has 0 aromatic carbocycles. The van der Waals surface area contributed by atoms with Gasteiger partial charge in [-0.2, -0.15) is 0 Å². The van der Waals surface area contributed by atoms with Gasteiger partial charge in [0, 0.05) is 0 Å². The largest absolute Gasteiger partial charge is 0.473 e. The topological polar surface area (TPSA) is 74.6 Å². The summed E-state index contributed by atoms with van der Waals surface area (Å²) in [6.07, 6.45) is 0. The molecule has 0 aromatic rings. The molecule has 0 saturated heterocycles. The Morgan fingerprint density at radius 2 is 1.00 bits per heavy atom. The average Bonchev–Trinajstić information content (AvgIpc) is 1.39. The van der Waals surface area contributed by atoms with Crippen molar-refractivity contribution in [2.45, 2.75) is 0 Å². The first-order chi connectivity index (χ1) is 2.83. The molecular formula is C2H2O4. The lowest BCUT2D eigenvalue weighted by Gasteiger charge is -1.29. The second kappa shape index (κ2) is 38.5. The maximum atomic E-state index is 8.24. The molecule has 0 aliphatic carbocycles. The van der Waals surface area contributed by atoms with Crippen LogP contribution in [0.4, 0.5) is 0 Å². The predicted octanol–water partition coefficient (Wildman–Crippen LogP) is -0.777. The van der Waals surface area contributed by atoms with Crippen LogP contribution in [0.5, 0.6) is 0 Å². The Hall–Kier alpha value is -1.06. The second-order valence-corrected chi connectivity index (χ2v) is 0.183. The van der Waals surface area contributed by atoms with Crippen LogP contribution in [0.2, 0.25) is 0 Å². The average molecular weight is 90.0 g/mol. The molecule has 0 saturated carbocycles. The van der Waals surface area contributed by atoms with Crippen molar-refractivity contribution in [3.05, 3.63) is 0 Å². The van der Waals surface area contributed by atoms with Crippen molar-refractivity contribution in [1.82, 2.24) is 0 Å². The number of hydrogen-bond donors (Lipinski definition) is 2.